The minimum atomic E-state index is 0.198. The summed E-state index contributed by atoms with van der Waals surface area (Å²) in [5.41, 5.74) is 4.31. The molecular weight excluding hydrogens is 300 g/mol. The van der Waals surface area contributed by atoms with Gasteiger partial charge in [0.15, 0.2) is 0 Å². The quantitative estimate of drug-likeness (QED) is 0.607. The Morgan fingerprint density at radius 1 is 1.17 bits per heavy atom. The van der Waals surface area contributed by atoms with Crippen LogP contribution in [0, 0.1) is 0 Å². The number of hydrogen-bond acceptors (Lipinski definition) is 4. The van der Waals surface area contributed by atoms with Crippen molar-refractivity contribution in [2.45, 2.75) is 19.5 Å². The van der Waals surface area contributed by atoms with Crippen molar-refractivity contribution in [3.63, 3.8) is 0 Å². The maximum atomic E-state index is 5.63. The highest BCUT2D eigenvalue weighted by molar-refractivity contribution is 5.81. The van der Waals surface area contributed by atoms with Gasteiger partial charge in [0.25, 0.3) is 0 Å². The average Bonchev–Trinajstić information content (AvgIpc) is 3.29. The van der Waals surface area contributed by atoms with Crippen molar-refractivity contribution in [1.82, 2.24) is 20.1 Å². The molecule has 0 aliphatic heterocycles. The molecule has 0 aliphatic carbocycles. The molecule has 0 aliphatic rings. The number of rotatable bonds is 5. The van der Waals surface area contributed by atoms with Gasteiger partial charge in [0.1, 0.15) is 18.2 Å². The first-order valence-electron chi connectivity index (χ1n) is 7.95. The van der Waals surface area contributed by atoms with Crippen LogP contribution in [0.4, 0.5) is 0 Å². The maximum absolute atomic E-state index is 5.63. The van der Waals surface area contributed by atoms with E-state index in [0.29, 0.717) is 0 Å². The first kappa shape index (κ1) is 14.7. The number of para-hydroxylation sites is 1. The lowest BCUT2D eigenvalue weighted by Gasteiger charge is -2.13. The van der Waals surface area contributed by atoms with Crippen LogP contribution in [0.1, 0.15) is 24.1 Å². The summed E-state index contributed by atoms with van der Waals surface area (Å²) in [7, 11) is 0. The average molecular weight is 318 g/mol. The highest BCUT2D eigenvalue weighted by Crippen LogP contribution is 2.26. The van der Waals surface area contributed by atoms with Crippen LogP contribution < -0.4 is 5.32 Å². The van der Waals surface area contributed by atoms with Crippen LogP contribution in [-0.2, 0) is 6.54 Å². The molecule has 1 N–H and O–H groups in total. The molecule has 0 fully saturated rings. The molecule has 120 valence electrons. The Kier molecular flexibility index (Phi) is 3.84. The number of benzene rings is 2. The molecule has 0 saturated carbocycles. The topological polar surface area (TPSA) is 55.9 Å². The van der Waals surface area contributed by atoms with Crippen LogP contribution in [0.5, 0.6) is 0 Å². The summed E-state index contributed by atoms with van der Waals surface area (Å²) in [6.07, 6.45) is 5.08. The number of aromatic nitrogens is 3. The van der Waals surface area contributed by atoms with Gasteiger partial charge < -0.3 is 9.73 Å². The zero-order chi connectivity index (χ0) is 16.4. The zero-order valence-electron chi connectivity index (χ0n) is 13.4. The molecule has 2 aromatic carbocycles. The summed E-state index contributed by atoms with van der Waals surface area (Å²) in [5, 5.41) is 8.89. The van der Waals surface area contributed by atoms with Gasteiger partial charge in [-0.3, -0.25) is 0 Å². The molecule has 1 unspecified atom stereocenters. The lowest BCUT2D eigenvalue weighted by atomic mass is 10.1. The van der Waals surface area contributed by atoms with E-state index in [-0.39, 0.29) is 6.04 Å². The Hall–Kier alpha value is -2.92. The van der Waals surface area contributed by atoms with E-state index in [1.165, 1.54) is 17.5 Å². The molecular formula is C19H18N4O. The van der Waals surface area contributed by atoms with Crippen molar-refractivity contribution < 1.29 is 4.42 Å². The fourth-order valence-electron chi connectivity index (χ4n) is 2.87. The van der Waals surface area contributed by atoms with Gasteiger partial charge in [-0.05, 0) is 30.7 Å². The normalized spacial score (nSPS) is 12.5. The van der Waals surface area contributed by atoms with Gasteiger partial charge in [-0.2, -0.15) is 5.10 Å². The molecule has 5 heteroatoms. The Balaban J connectivity index is 1.49. The van der Waals surface area contributed by atoms with Crippen molar-refractivity contribution in [2.75, 3.05) is 0 Å². The number of nitrogens with one attached hydrogen (secondary N) is 1. The van der Waals surface area contributed by atoms with Gasteiger partial charge in [0.05, 0.1) is 12.0 Å². The number of furan rings is 1. The van der Waals surface area contributed by atoms with Gasteiger partial charge in [0.2, 0.25) is 0 Å². The molecule has 0 spiro atoms. The summed E-state index contributed by atoms with van der Waals surface area (Å²) in [6.45, 7) is 2.92. The van der Waals surface area contributed by atoms with E-state index in [2.05, 4.69) is 40.5 Å². The van der Waals surface area contributed by atoms with Crippen molar-refractivity contribution in [3.05, 3.63) is 78.6 Å². The van der Waals surface area contributed by atoms with Crippen LogP contribution in [0.2, 0.25) is 0 Å². The zero-order valence-corrected chi connectivity index (χ0v) is 13.4. The SMILES string of the molecule is CC(NCc1cccc(-n2cncn2)c1)c1coc2ccccc12. The maximum Gasteiger partial charge on any atom is 0.138 e. The van der Waals surface area contributed by atoms with E-state index < -0.39 is 0 Å². The van der Waals surface area contributed by atoms with Gasteiger partial charge in [-0.1, -0.05) is 30.3 Å². The lowest BCUT2D eigenvalue weighted by molar-refractivity contribution is 0.554. The summed E-state index contributed by atoms with van der Waals surface area (Å²) in [5.74, 6) is 0. The molecule has 5 nitrogen and oxygen atoms in total. The van der Waals surface area contributed by atoms with Crippen LogP contribution in [0.3, 0.4) is 0 Å². The third-order valence-corrected chi connectivity index (χ3v) is 4.18. The third-order valence-electron chi connectivity index (χ3n) is 4.18. The molecule has 0 saturated heterocycles. The minimum Gasteiger partial charge on any atom is -0.464 e. The minimum absolute atomic E-state index is 0.198. The first-order chi connectivity index (χ1) is 11.8. The Morgan fingerprint density at radius 2 is 2.08 bits per heavy atom. The molecule has 4 rings (SSSR count). The van der Waals surface area contributed by atoms with Crippen LogP contribution >= 0.6 is 0 Å². The number of nitrogens with zero attached hydrogens (tertiary/aromatic N) is 3. The van der Waals surface area contributed by atoms with Crippen molar-refractivity contribution >= 4 is 11.0 Å². The fourth-order valence-corrected chi connectivity index (χ4v) is 2.87. The van der Waals surface area contributed by atoms with Gasteiger partial charge in [-0.25, -0.2) is 9.67 Å². The van der Waals surface area contributed by atoms with E-state index in [1.54, 1.807) is 11.0 Å². The number of hydrogen-bond donors (Lipinski definition) is 1. The molecule has 0 amide bonds. The lowest BCUT2D eigenvalue weighted by Crippen LogP contribution is -2.17. The van der Waals surface area contributed by atoms with E-state index >= 15 is 0 Å². The van der Waals surface area contributed by atoms with Crippen molar-refractivity contribution in [1.29, 1.82) is 0 Å². The highest BCUT2D eigenvalue weighted by atomic mass is 16.3. The second-order valence-electron chi connectivity index (χ2n) is 5.80. The van der Waals surface area contributed by atoms with Gasteiger partial charge >= 0.3 is 0 Å². The second-order valence-corrected chi connectivity index (χ2v) is 5.80. The Morgan fingerprint density at radius 3 is 2.96 bits per heavy atom. The highest BCUT2D eigenvalue weighted by Gasteiger charge is 2.12. The van der Waals surface area contributed by atoms with Gasteiger partial charge in [-0.15, -0.1) is 0 Å². The molecule has 1 atom stereocenters. The van der Waals surface area contributed by atoms with E-state index in [1.807, 2.05) is 36.6 Å². The molecule has 0 bridgehead atoms. The standard InChI is InChI=1S/C19H18N4O/c1-14(18-11-24-19-8-3-2-7-17(18)19)21-10-15-5-4-6-16(9-15)23-13-20-12-22-23/h2-9,11-14,21H,10H2,1H3. The molecule has 4 aromatic rings. The monoisotopic (exact) mass is 318 g/mol. The first-order valence-corrected chi connectivity index (χ1v) is 7.95. The predicted octanol–water partition coefficient (Wildman–Crippen LogP) is 3.86. The van der Waals surface area contributed by atoms with Crippen LogP contribution in [-0.4, -0.2) is 14.8 Å². The van der Waals surface area contributed by atoms with Crippen molar-refractivity contribution in [3.8, 4) is 5.69 Å². The van der Waals surface area contributed by atoms with Crippen LogP contribution in [0.15, 0.2) is 71.9 Å². The van der Waals surface area contributed by atoms with Crippen molar-refractivity contribution in [2.24, 2.45) is 0 Å². The Labute approximate surface area is 139 Å². The number of fused-ring (bicyclic) bond motifs is 1. The van der Waals surface area contributed by atoms with E-state index in [0.717, 1.165) is 23.2 Å². The second kappa shape index (κ2) is 6.29. The third kappa shape index (κ3) is 2.81. The largest absolute Gasteiger partial charge is 0.464 e. The summed E-state index contributed by atoms with van der Waals surface area (Å²) in [4.78, 5) is 3.99. The van der Waals surface area contributed by atoms with E-state index in [9.17, 15) is 0 Å². The van der Waals surface area contributed by atoms with Crippen LogP contribution in [0.25, 0.3) is 16.7 Å². The van der Waals surface area contributed by atoms with Gasteiger partial charge in [0, 0.05) is 23.5 Å². The fraction of sp³-hybridized carbons (Fsp3) is 0.158. The smallest absolute Gasteiger partial charge is 0.138 e. The van der Waals surface area contributed by atoms with E-state index in [4.69, 9.17) is 4.42 Å². The summed E-state index contributed by atoms with van der Waals surface area (Å²) >= 11 is 0. The molecule has 24 heavy (non-hydrogen) atoms. The summed E-state index contributed by atoms with van der Waals surface area (Å²) < 4.78 is 7.39. The molecule has 2 heterocycles. The predicted molar refractivity (Wildman–Crippen MR) is 92.8 cm³/mol. The molecule has 2 aromatic heterocycles. The molecule has 0 radical (unpaired) electrons. The summed E-state index contributed by atoms with van der Waals surface area (Å²) in [6, 6.07) is 16.6. The Bertz CT molecular complexity index is 943.